The summed E-state index contributed by atoms with van der Waals surface area (Å²) in [4.78, 5) is 1.88. The summed E-state index contributed by atoms with van der Waals surface area (Å²) >= 11 is 6.30. The minimum Gasteiger partial charge on any atom is -0.382 e. The van der Waals surface area contributed by atoms with Gasteiger partial charge in [-0.3, -0.25) is 0 Å². The van der Waals surface area contributed by atoms with Crippen LogP contribution in [0.1, 0.15) is 11.6 Å². The lowest BCUT2D eigenvalue weighted by Crippen LogP contribution is -2.27. The van der Waals surface area contributed by atoms with Crippen LogP contribution in [0.15, 0.2) is 52.3 Å². The van der Waals surface area contributed by atoms with E-state index in [0.29, 0.717) is 17.3 Å². The largest absolute Gasteiger partial charge is 0.382 e. The molecule has 0 radical (unpaired) electrons. The fourth-order valence-electron chi connectivity index (χ4n) is 2.71. The molecule has 0 saturated carbocycles. The van der Waals surface area contributed by atoms with E-state index < -0.39 is 19.7 Å². The van der Waals surface area contributed by atoms with E-state index in [1.807, 2.05) is 37.2 Å². The first-order chi connectivity index (χ1) is 12.4. The molecule has 0 amide bonds. The summed E-state index contributed by atoms with van der Waals surface area (Å²) < 4.78 is 47.9. The van der Waals surface area contributed by atoms with Crippen molar-refractivity contribution in [2.45, 2.75) is 15.8 Å². The molecule has 2 aromatic rings. The normalized spacial score (nSPS) is 13.6. The van der Waals surface area contributed by atoms with Gasteiger partial charge < -0.3 is 10.2 Å². The van der Waals surface area contributed by atoms with Crippen LogP contribution in [-0.2, 0) is 19.7 Å². The molecule has 0 heterocycles. The molecule has 0 fully saturated rings. The van der Waals surface area contributed by atoms with Gasteiger partial charge in [0, 0.05) is 24.1 Å². The summed E-state index contributed by atoms with van der Waals surface area (Å²) in [5.41, 5.74) is 1.26. The van der Waals surface area contributed by atoms with Crippen molar-refractivity contribution in [3.8, 4) is 0 Å². The standard InChI is InChI=1S/C18H23ClN2O4S2/c1-21(2)17(14-7-5-6-8-15(14)19)12-20-16-10-9-13(26(3,22)23)11-18(16)27(4,24)25/h5-11,17,20H,12H2,1-4H3. The van der Waals surface area contributed by atoms with Gasteiger partial charge in [-0.15, -0.1) is 0 Å². The van der Waals surface area contributed by atoms with Gasteiger partial charge in [0.05, 0.1) is 21.5 Å². The Morgan fingerprint density at radius 3 is 2.15 bits per heavy atom. The van der Waals surface area contributed by atoms with Gasteiger partial charge in [-0.2, -0.15) is 0 Å². The average Bonchev–Trinajstić information content (AvgIpc) is 2.54. The highest BCUT2D eigenvalue weighted by molar-refractivity contribution is 7.91. The Morgan fingerprint density at radius 2 is 1.63 bits per heavy atom. The molecule has 1 atom stereocenters. The van der Waals surface area contributed by atoms with E-state index in [1.165, 1.54) is 18.2 Å². The van der Waals surface area contributed by atoms with Crippen LogP contribution in [-0.4, -0.2) is 54.9 Å². The van der Waals surface area contributed by atoms with E-state index in [9.17, 15) is 16.8 Å². The van der Waals surface area contributed by atoms with Crippen LogP contribution in [0.25, 0.3) is 0 Å². The highest BCUT2D eigenvalue weighted by Gasteiger charge is 2.21. The number of halogens is 1. The molecule has 148 valence electrons. The zero-order chi connectivity index (χ0) is 20.4. The number of hydrogen-bond donors (Lipinski definition) is 1. The molecule has 27 heavy (non-hydrogen) atoms. The van der Waals surface area contributed by atoms with Gasteiger partial charge in [0.1, 0.15) is 0 Å². The SMILES string of the molecule is CN(C)C(CNc1ccc(S(C)(=O)=O)cc1S(C)(=O)=O)c1ccccc1Cl. The average molecular weight is 431 g/mol. The Morgan fingerprint density at radius 1 is 1.00 bits per heavy atom. The molecule has 2 aromatic carbocycles. The lowest BCUT2D eigenvalue weighted by atomic mass is 10.1. The van der Waals surface area contributed by atoms with E-state index in [0.717, 1.165) is 18.1 Å². The van der Waals surface area contributed by atoms with Gasteiger partial charge in [0.15, 0.2) is 19.7 Å². The second kappa shape index (κ2) is 8.18. The van der Waals surface area contributed by atoms with Crippen LogP contribution >= 0.6 is 11.6 Å². The van der Waals surface area contributed by atoms with Crippen LogP contribution in [0.2, 0.25) is 5.02 Å². The molecule has 0 aliphatic heterocycles. The number of nitrogens with one attached hydrogen (secondary N) is 1. The number of nitrogens with zero attached hydrogens (tertiary/aromatic N) is 1. The molecule has 6 nitrogen and oxygen atoms in total. The third-order valence-electron chi connectivity index (χ3n) is 4.15. The maximum absolute atomic E-state index is 12.2. The van der Waals surface area contributed by atoms with Gasteiger partial charge in [0.2, 0.25) is 0 Å². The van der Waals surface area contributed by atoms with Gasteiger partial charge >= 0.3 is 0 Å². The van der Waals surface area contributed by atoms with Crippen molar-refractivity contribution in [2.75, 3.05) is 38.5 Å². The summed E-state index contributed by atoms with van der Waals surface area (Å²) in [6.45, 7) is 0.386. The minimum atomic E-state index is -3.62. The molecule has 1 unspecified atom stereocenters. The van der Waals surface area contributed by atoms with Crippen molar-refractivity contribution in [2.24, 2.45) is 0 Å². The minimum absolute atomic E-state index is 0.0382. The lowest BCUT2D eigenvalue weighted by Gasteiger charge is -2.27. The molecule has 1 N–H and O–H groups in total. The molecule has 0 aliphatic rings. The summed E-state index contributed by atoms with van der Waals surface area (Å²) in [6.07, 6.45) is 2.10. The summed E-state index contributed by atoms with van der Waals surface area (Å²) in [5.74, 6) is 0. The Bertz CT molecular complexity index is 1040. The summed E-state index contributed by atoms with van der Waals surface area (Å²) in [5, 5.41) is 3.75. The van der Waals surface area contributed by atoms with E-state index in [1.54, 1.807) is 6.07 Å². The van der Waals surface area contributed by atoms with Crippen LogP contribution in [0.3, 0.4) is 0 Å². The van der Waals surface area contributed by atoms with Gasteiger partial charge in [0.25, 0.3) is 0 Å². The maximum atomic E-state index is 12.2. The maximum Gasteiger partial charge on any atom is 0.177 e. The fourth-order valence-corrected chi connectivity index (χ4v) is 4.57. The first kappa shape index (κ1) is 21.7. The first-order valence-electron chi connectivity index (χ1n) is 8.10. The zero-order valence-electron chi connectivity index (χ0n) is 15.6. The zero-order valence-corrected chi connectivity index (χ0v) is 18.0. The molecule has 0 bridgehead atoms. The predicted octanol–water partition coefficient (Wildman–Crippen LogP) is 2.86. The van der Waals surface area contributed by atoms with Crippen molar-refractivity contribution in [1.29, 1.82) is 0 Å². The monoisotopic (exact) mass is 430 g/mol. The van der Waals surface area contributed by atoms with Gasteiger partial charge in [-0.25, -0.2) is 16.8 Å². The first-order valence-corrected chi connectivity index (χ1v) is 12.3. The Labute approximate surface area is 166 Å². The van der Waals surface area contributed by atoms with E-state index in [4.69, 9.17) is 11.6 Å². The van der Waals surface area contributed by atoms with Crippen molar-refractivity contribution >= 4 is 37.0 Å². The number of hydrogen-bond acceptors (Lipinski definition) is 6. The van der Waals surface area contributed by atoms with Crippen molar-refractivity contribution in [3.05, 3.63) is 53.1 Å². The van der Waals surface area contributed by atoms with Gasteiger partial charge in [-0.1, -0.05) is 29.8 Å². The number of likely N-dealkylation sites (N-methyl/N-ethyl adjacent to an activating group) is 1. The summed E-state index contributed by atoms with van der Waals surface area (Å²) in [7, 11) is -3.33. The summed E-state index contributed by atoms with van der Waals surface area (Å²) in [6, 6.07) is 11.4. The Kier molecular flexibility index (Phi) is 6.57. The number of benzene rings is 2. The van der Waals surface area contributed by atoms with Crippen molar-refractivity contribution < 1.29 is 16.8 Å². The second-order valence-corrected chi connectivity index (χ2v) is 11.0. The van der Waals surface area contributed by atoms with Gasteiger partial charge in [-0.05, 0) is 43.9 Å². The molecule has 0 aromatic heterocycles. The highest BCUT2D eigenvalue weighted by Crippen LogP contribution is 2.29. The number of sulfone groups is 2. The molecule has 0 saturated heterocycles. The smallest absolute Gasteiger partial charge is 0.177 e. The third-order valence-corrected chi connectivity index (χ3v) is 6.75. The Balaban J connectivity index is 2.40. The van der Waals surface area contributed by atoms with Crippen LogP contribution in [0.5, 0.6) is 0 Å². The molecule has 9 heteroatoms. The lowest BCUT2D eigenvalue weighted by molar-refractivity contribution is 0.312. The fraction of sp³-hybridized carbons (Fsp3) is 0.333. The predicted molar refractivity (Wildman–Crippen MR) is 109 cm³/mol. The molecular weight excluding hydrogens is 408 g/mol. The third kappa shape index (κ3) is 5.44. The molecule has 2 rings (SSSR count). The Hall–Kier alpha value is -1.61. The van der Waals surface area contributed by atoms with E-state index >= 15 is 0 Å². The van der Waals surface area contributed by atoms with E-state index in [-0.39, 0.29) is 15.8 Å². The topological polar surface area (TPSA) is 83.6 Å². The molecule has 0 spiro atoms. The highest BCUT2D eigenvalue weighted by atomic mass is 35.5. The van der Waals surface area contributed by atoms with Crippen molar-refractivity contribution in [1.82, 2.24) is 4.90 Å². The quantitative estimate of drug-likeness (QED) is 0.727. The molecular formula is C18H23ClN2O4S2. The molecule has 0 aliphatic carbocycles. The van der Waals surface area contributed by atoms with Crippen LogP contribution in [0.4, 0.5) is 5.69 Å². The van der Waals surface area contributed by atoms with Crippen molar-refractivity contribution in [3.63, 3.8) is 0 Å². The van der Waals surface area contributed by atoms with Crippen LogP contribution in [0, 0.1) is 0 Å². The van der Waals surface area contributed by atoms with E-state index in [2.05, 4.69) is 5.32 Å². The van der Waals surface area contributed by atoms with Crippen LogP contribution < -0.4 is 5.32 Å². The second-order valence-electron chi connectivity index (χ2n) is 6.58. The number of anilines is 1. The number of rotatable bonds is 7.